The normalized spacial score (nSPS) is 19.0. The second kappa shape index (κ2) is 9.37. The Bertz CT molecular complexity index is 513. The van der Waals surface area contributed by atoms with Gasteiger partial charge in [-0.05, 0) is 37.6 Å². The van der Waals surface area contributed by atoms with E-state index in [9.17, 15) is 0 Å². The minimum Gasteiger partial charge on any atom is -0.497 e. The molecule has 1 fully saturated rings. The van der Waals surface area contributed by atoms with Crippen molar-refractivity contribution in [1.82, 2.24) is 10.2 Å². The number of methoxy groups -OCH3 is 1. The number of hydrogen-bond acceptors (Lipinski definition) is 4. The van der Waals surface area contributed by atoms with E-state index in [0.29, 0.717) is 12.5 Å². The van der Waals surface area contributed by atoms with Gasteiger partial charge in [0.05, 0.1) is 20.3 Å². The molecule has 1 aromatic carbocycles. The average molecular weight is 335 g/mol. The SMILES string of the molecule is CN=C(NCC(C)Oc1ccc(OC)cc1)N(C)CC1CCOC1. The van der Waals surface area contributed by atoms with Crippen LogP contribution in [0.4, 0.5) is 0 Å². The van der Waals surface area contributed by atoms with Crippen LogP contribution in [0.3, 0.4) is 0 Å². The molecule has 1 aromatic rings. The van der Waals surface area contributed by atoms with Gasteiger partial charge in [0.15, 0.2) is 5.96 Å². The Morgan fingerprint density at radius 3 is 2.67 bits per heavy atom. The number of benzene rings is 1. The summed E-state index contributed by atoms with van der Waals surface area (Å²) in [6.07, 6.45) is 1.15. The van der Waals surface area contributed by atoms with E-state index in [2.05, 4.69) is 22.3 Å². The molecule has 6 heteroatoms. The van der Waals surface area contributed by atoms with Gasteiger partial charge in [0, 0.05) is 33.2 Å². The number of ether oxygens (including phenoxy) is 3. The van der Waals surface area contributed by atoms with Crippen LogP contribution in [0.15, 0.2) is 29.3 Å². The van der Waals surface area contributed by atoms with E-state index in [4.69, 9.17) is 14.2 Å². The van der Waals surface area contributed by atoms with Gasteiger partial charge >= 0.3 is 0 Å². The van der Waals surface area contributed by atoms with Gasteiger partial charge < -0.3 is 24.4 Å². The predicted molar refractivity (Wildman–Crippen MR) is 96.0 cm³/mol. The molecule has 0 aromatic heterocycles. The van der Waals surface area contributed by atoms with Crippen LogP contribution in [0.2, 0.25) is 0 Å². The lowest BCUT2D eigenvalue weighted by atomic mass is 10.1. The van der Waals surface area contributed by atoms with Crippen molar-refractivity contribution in [2.75, 3.05) is 47.5 Å². The highest BCUT2D eigenvalue weighted by atomic mass is 16.5. The maximum absolute atomic E-state index is 5.91. The summed E-state index contributed by atoms with van der Waals surface area (Å²) >= 11 is 0. The van der Waals surface area contributed by atoms with E-state index in [1.807, 2.05) is 31.2 Å². The Balaban J connectivity index is 1.76. The summed E-state index contributed by atoms with van der Waals surface area (Å²) in [5, 5.41) is 3.37. The van der Waals surface area contributed by atoms with Crippen molar-refractivity contribution in [2.45, 2.75) is 19.4 Å². The van der Waals surface area contributed by atoms with E-state index in [0.717, 1.165) is 43.6 Å². The quantitative estimate of drug-likeness (QED) is 0.610. The van der Waals surface area contributed by atoms with E-state index < -0.39 is 0 Å². The second-order valence-electron chi connectivity index (χ2n) is 6.14. The smallest absolute Gasteiger partial charge is 0.193 e. The highest BCUT2D eigenvalue weighted by Gasteiger charge is 2.19. The summed E-state index contributed by atoms with van der Waals surface area (Å²) in [7, 11) is 5.52. The van der Waals surface area contributed by atoms with Gasteiger partial charge in [-0.2, -0.15) is 0 Å². The van der Waals surface area contributed by atoms with E-state index in [-0.39, 0.29) is 6.10 Å². The lowest BCUT2D eigenvalue weighted by Crippen LogP contribution is -2.44. The first kappa shape index (κ1) is 18.4. The highest BCUT2D eigenvalue weighted by molar-refractivity contribution is 5.79. The van der Waals surface area contributed by atoms with Crippen molar-refractivity contribution in [3.8, 4) is 11.5 Å². The fourth-order valence-electron chi connectivity index (χ4n) is 2.75. The van der Waals surface area contributed by atoms with Gasteiger partial charge in [-0.25, -0.2) is 0 Å². The Hall–Kier alpha value is -1.95. The van der Waals surface area contributed by atoms with Crippen molar-refractivity contribution in [2.24, 2.45) is 10.9 Å². The van der Waals surface area contributed by atoms with Gasteiger partial charge in [-0.15, -0.1) is 0 Å². The molecule has 2 atom stereocenters. The summed E-state index contributed by atoms with van der Waals surface area (Å²) in [5.41, 5.74) is 0. The largest absolute Gasteiger partial charge is 0.497 e. The molecule has 1 aliphatic heterocycles. The molecule has 1 N–H and O–H groups in total. The molecule has 1 aliphatic rings. The van der Waals surface area contributed by atoms with Crippen LogP contribution in [-0.2, 0) is 4.74 Å². The van der Waals surface area contributed by atoms with Crippen molar-refractivity contribution >= 4 is 5.96 Å². The van der Waals surface area contributed by atoms with Crippen LogP contribution >= 0.6 is 0 Å². The molecule has 0 spiro atoms. The van der Waals surface area contributed by atoms with Gasteiger partial charge in [-0.1, -0.05) is 0 Å². The zero-order chi connectivity index (χ0) is 17.4. The van der Waals surface area contributed by atoms with E-state index in [1.54, 1.807) is 14.2 Å². The Labute approximate surface area is 144 Å². The first-order valence-electron chi connectivity index (χ1n) is 8.42. The Kier molecular flexibility index (Phi) is 7.18. The summed E-state index contributed by atoms with van der Waals surface area (Å²) in [6.45, 7) is 5.39. The van der Waals surface area contributed by atoms with Crippen LogP contribution in [0.5, 0.6) is 11.5 Å². The van der Waals surface area contributed by atoms with Crippen LogP contribution in [0, 0.1) is 5.92 Å². The van der Waals surface area contributed by atoms with Crippen molar-refractivity contribution in [3.05, 3.63) is 24.3 Å². The molecule has 2 unspecified atom stereocenters. The van der Waals surface area contributed by atoms with Crippen LogP contribution < -0.4 is 14.8 Å². The minimum atomic E-state index is 0.0263. The fourth-order valence-corrected chi connectivity index (χ4v) is 2.75. The topological polar surface area (TPSA) is 55.3 Å². The molecule has 1 saturated heterocycles. The van der Waals surface area contributed by atoms with Crippen LogP contribution in [0.25, 0.3) is 0 Å². The van der Waals surface area contributed by atoms with E-state index in [1.165, 1.54) is 0 Å². The lowest BCUT2D eigenvalue weighted by molar-refractivity contribution is 0.180. The molecule has 24 heavy (non-hydrogen) atoms. The standard InChI is InChI=1S/C18H29N3O3/c1-14(24-17-7-5-16(22-4)6-8-17)11-20-18(19-2)21(3)12-15-9-10-23-13-15/h5-8,14-15H,9-13H2,1-4H3,(H,19,20). The molecule has 0 bridgehead atoms. The summed E-state index contributed by atoms with van der Waals surface area (Å²) < 4.78 is 16.5. The van der Waals surface area contributed by atoms with Crippen LogP contribution in [0.1, 0.15) is 13.3 Å². The molecule has 0 radical (unpaired) electrons. The minimum absolute atomic E-state index is 0.0263. The van der Waals surface area contributed by atoms with Crippen LogP contribution in [-0.4, -0.2) is 64.5 Å². The third kappa shape index (κ3) is 5.60. The number of guanidine groups is 1. The fraction of sp³-hybridized carbons (Fsp3) is 0.611. The number of hydrogen-bond donors (Lipinski definition) is 1. The third-order valence-corrected chi connectivity index (χ3v) is 4.07. The Morgan fingerprint density at radius 1 is 1.38 bits per heavy atom. The van der Waals surface area contributed by atoms with Crippen molar-refractivity contribution < 1.29 is 14.2 Å². The predicted octanol–water partition coefficient (Wildman–Crippen LogP) is 2.01. The molecule has 0 saturated carbocycles. The molecule has 0 aliphatic carbocycles. The summed E-state index contributed by atoms with van der Waals surface area (Å²) in [5.74, 6) is 3.12. The van der Waals surface area contributed by atoms with Gasteiger partial charge in [-0.3, -0.25) is 4.99 Å². The first-order valence-corrected chi connectivity index (χ1v) is 8.42. The number of nitrogens with zero attached hydrogens (tertiary/aromatic N) is 2. The number of aliphatic imine (C=N–C) groups is 1. The zero-order valence-corrected chi connectivity index (χ0v) is 15.1. The lowest BCUT2D eigenvalue weighted by Gasteiger charge is -2.25. The number of rotatable bonds is 7. The summed E-state index contributed by atoms with van der Waals surface area (Å²) in [4.78, 5) is 6.50. The van der Waals surface area contributed by atoms with Crippen molar-refractivity contribution in [3.63, 3.8) is 0 Å². The first-order chi connectivity index (χ1) is 11.6. The second-order valence-corrected chi connectivity index (χ2v) is 6.14. The monoisotopic (exact) mass is 335 g/mol. The average Bonchev–Trinajstić information content (AvgIpc) is 3.09. The van der Waals surface area contributed by atoms with Crippen molar-refractivity contribution in [1.29, 1.82) is 0 Å². The Morgan fingerprint density at radius 2 is 2.08 bits per heavy atom. The highest BCUT2D eigenvalue weighted by Crippen LogP contribution is 2.18. The molecule has 1 heterocycles. The maximum Gasteiger partial charge on any atom is 0.193 e. The molecule has 0 amide bonds. The molecular formula is C18H29N3O3. The maximum atomic E-state index is 5.91. The van der Waals surface area contributed by atoms with Gasteiger partial charge in [0.25, 0.3) is 0 Å². The molecular weight excluding hydrogens is 306 g/mol. The number of nitrogens with one attached hydrogen (secondary N) is 1. The van der Waals surface area contributed by atoms with Gasteiger partial charge in [0.1, 0.15) is 17.6 Å². The molecule has 134 valence electrons. The molecule has 6 nitrogen and oxygen atoms in total. The summed E-state index contributed by atoms with van der Waals surface area (Å²) in [6, 6.07) is 7.62. The van der Waals surface area contributed by atoms with Gasteiger partial charge in [0.2, 0.25) is 0 Å². The molecule has 2 rings (SSSR count). The third-order valence-electron chi connectivity index (χ3n) is 4.07. The zero-order valence-electron chi connectivity index (χ0n) is 15.1. The van der Waals surface area contributed by atoms with E-state index >= 15 is 0 Å².